The van der Waals surface area contributed by atoms with E-state index in [1.807, 2.05) is 24.3 Å². The highest BCUT2D eigenvalue weighted by molar-refractivity contribution is 5.96. The number of carbonyl (C=O) groups is 2. The van der Waals surface area contributed by atoms with Gasteiger partial charge in [-0.2, -0.15) is 0 Å². The Hall–Kier alpha value is -4.39. The van der Waals surface area contributed by atoms with Crippen molar-refractivity contribution >= 4 is 17.5 Å². The lowest BCUT2D eigenvalue weighted by Gasteiger charge is -2.30. The zero-order valence-electron chi connectivity index (χ0n) is 19.7. The molecule has 0 aliphatic carbocycles. The number of rotatable bonds is 4. The van der Waals surface area contributed by atoms with Crippen LogP contribution >= 0.6 is 0 Å². The number of nitrogens with one attached hydrogen (secondary N) is 1. The number of amides is 2. The molecule has 0 saturated carbocycles. The zero-order chi connectivity index (χ0) is 24.4. The van der Waals surface area contributed by atoms with E-state index in [-0.39, 0.29) is 11.8 Å². The van der Waals surface area contributed by atoms with Gasteiger partial charge in [-0.3, -0.25) is 9.78 Å². The van der Waals surface area contributed by atoms with Crippen molar-refractivity contribution in [3.63, 3.8) is 0 Å². The summed E-state index contributed by atoms with van der Waals surface area (Å²) in [6.45, 7) is 4.49. The maximum Gasteiger partial charge on any atom is 0.322 e. The zero-order valence-corrected chi connectivity index (χ0v) is 19.7. The summed E-state index contributed by atoms with van der Waals surface area (Å²) >= 11 is 0. The number of anilines is 1. The minimum absolute atomic E-state index is 0.0440. The van der Waals surface area contributed by atoms with E-state index in [0.717, 1.165) is 33.6 Å². The molecule has 0 bridgehead atoms. The predicted molar refractivity (Wildman–Crippen MR) is 135 cm³/mol. The Labute approximate surface area is 203 Å². The van der Waals surface area contributed by atoms with E-state index in [0.29, 0.717) is 36.6 Å². The molecule has 1 N–H and O–H groups in total. The number of aryl methyl sites for hydroxylation is 1. The summed E-state index contributed by atoms with van der Waals surface area (Å²) in [5.74, 6) is 0.589. The lowest BCUT2D eigenvalue weighted by Crippen LogP contribution is -2.39. The Morgan fingerprint density at radius 1 is 1.00 bits per heavy atom. The summed E-state index contributed by atoms with van der Waals surface area (Å²) < 4.78 is 0. The van der Waals surface area contributed by atoms with Crippen LogP contribution in [0.15, 0.2) is 73.1 Å². The molecular weight excluding hydrogens is 438 g/mol. The Morgan fingerprint density at radius 2 is 1.86 bits per heavy atom. The quantitative estimate of drug-likeness (QED) is 0.415. The second kappa shape index (κ2) is 9.46. The highest BCUT2D eigenvalue weighted by atomic mass is 16.2. The molecule has 0 unspecified atom stereocenters. The van der Waals surface area contributed by atoms with Gasteiger partial charge >= 0.3 is 6.03 Å². The van der Waals surface area contributed by atoms with Gasteiger partial charge in [0.15, 0.2) is 11.6 Å². The van der Waals surface area contributed by atoms with Crippen molar-refractivity contribution < 1.29 is 9.59 Å². The second-order valence-corrected chi connectivity index (χ2v) is 8.62. The molecule has 0 atom stereocenters. The van der Waals surface area contributed by atoms with Crippen LogP contribution in [0.3, 0.4) is 0 Å². The lowest BCUT2D eigenvalue weighted by atomic mass is 9.96. The molecule has 7 nitrogen and oxygen atoms in total. The first kappa shape index (κ1) is 22.4. The Morgan fingerprint density at radius 3 is 2.63 bits per heavy atom. The van der Waals surface area contributed by atoms with Crippen LogP contribution in [0, 0.1) is 6.92 Å². The number of nitrogens with zero attached hydrogens (tertiary/aromatic N) is 4. The number of ketones is 1. The van der Waals surface area contributed by atoms with Crippen molar-refractivity contribution in [2.45, 2.75) is 26.8 Å². The van der Waals surface area contributed by atoms with Gasteiger partial charge in [-0.05, 0) is 43.7 Å². The topological polar surface area (TPSA) is 88.1 Å². The van der Waals surface area contributed by atoms with Crippen LogP contribution in [0.2, 0.25) is 0 Å². The van der Waals surface area contributed by atoms with Gasteiger partial charge in [0.25, 0.3) is 0 Å². The van der Waals surface area contributed by atoms with Crippen molar-refractivity contribution in [1.29, 1.82) is 0 Å². The van der Waals surface area contributed by atoms with E-state index in [1.54, 1.807) is 41.6 Å². The lowest BCUT2D eigenvalue weighted by molar-refractivity contribution is 0.101. The van der Waals surface area contributed by atoms with Gasteiger partial charge in [-0.15, -0.1) is 0 Å². The van der Waals surface area contributed by atoms with Crippen LogP contribution in [0.5, 0.6) is 0 Å². The number of benzene rings is 2. The van der Waals surface area contributed by atoms with Gasteiger partial charge in [0.1, 0.15) is 0 Å². The average Bonchev–Trinajstić information content (AvgIpc) is 2.88. The highest BCUT2D eigenvalue weighted by Gasteiger charge is 2.27. The summed E-state index contributed by atoms with van der Waals surface area (Å²) in [7, 11) is 0. The molecule has 2 amide bonds. The molecule has 2 aromatic heterocycles. The van der Waals surface area contributed by atoms with Gasteiger partial charge in [-0.1, -0.05) is 36.4 Å². The highest BCUT2D eigenvalue weighted by Crippen LogP contribution is 2.32. The largest absolute Gasteiger partial charge is 0.322 e. The molecule has 5 rings (SSSR count). The number of Topliss-reactive ketones (excluding diaryl/α,β-unsaturated/α-hetero) is 1. The number of fused-ring (bicyclic) bond motifs is 1. The Bertz CT molecular complexity index is 1420. The number of aromatic nitrogens is 3. The van der Waals surface area contributed by atoms with Gasteiger partial charge < -0.3 is 10.2 Å². The number of pyridine rings is 1. The molecule has 7 heteroatoms. The van der Waals surface area contributed by atoms with Crippen LogP contribution < -0.4 is 5.32 Å². The van der Waals surface area contributed by atoms with E-state index in [2.05, 4.69) is 29.4 Å². The number of carbonyl (C=O) groups excluding carboxylic acids is 2. The molecule has 1 aliphatic heterocycles. The summed E-state index contributed by atoms with van der Waals surface area (Å²) in [6, 6.07) is 18.7. The molecule has 35 heavy (non-hydrogen) atoms. The number of urea groups is 1. The van der Waals surface area contributed by atoms with Crippen molar-refractivity contribution in [3.8, 4) is 22.6 Å². The smallest absolute Gasteiger partial charge is 0.320 e. The third kappa shape index (κ3) is 4.66. The maximum absolute atomic E-state index is 13.1. The van der Waals surface area contributed by atoms with E-state index in [9.17, 15) is 9.59 Å². The molecule has 2 aromatic carbocycles. The van der Waals surface area contributed by atoms with Crippen molar-refractivity contribution in [2.75, 3.05) is 11.9 Å². The third-order valence-electron chi connectivity index (χ3n) is 6.19. The van der Waals surface area contributed by atoms with E-state index >= 15 is 0 Å². The minimum Gasteiger partial charge on any atom is -0.320 e. The third-order valence-corrected chi connectivity index (χ3v) is 6.19. The monoisotopic (exact) mass is 463 g/mol. The van der Waals surface area contributed by atoms with Gasteiger partial charge in [0.2, 0.25) is 0 Å². The maximum atomic E-state index is 13.1. The average molecular weight is 464 g/mol. The molecular formula is C28H25N5O2. The van der Waals surface area contributed by atoms with Crippen LogP contribution in [0.4, 0.5) is 10.5 Å². The Kier molecular flexibility index (Phi) is 6.06. The van der Waals surface area contributed by atoms with Crippen molar-refractivity contribution in [3.05, 3.63) is 95.4 Å². The summed E-state index contributed by atoms with van der Waals surface area (Å²) in [6.07, 6.45) is 4.11. The SMILES string of the molecule is CC(=O)c1cccc(NC(=O)N2CCc3nc(-c4cccnc4)nc(-c4ccccc4C)c3C2)c1. The van der Waals surface area contributed by atoms with Crippen LogP contribution in [0.25, 0.3) is 22.6 Å². The molecule has 4 aromatic rings. The predicted octanol–water partition coefficient (Wildman–Crippen LogP) is 5.31. The standard InChI is InChI=1S/C28H25N5O2/c1-18-7-3-4-11-23(18)26-24-17-33(28(35)30-22-10-5-8-20(15-22)19(2)34)14-12-25(24)31-27(32-26)21-9-6-13-29-16-21/h3-11,13,15-16H,12,14,17H2,1-2H3,(H,30,35). The van der Waals surface area contributed by atoms with Crippen LogP contribution in [-0.2, 0) is 13.0 Å². The number of hydrogen-bond acceptors (Lipinski definition) is 5. The van der Waals surface area contributed by atoms with Gasteiger partial charge in [-0.25, -0.2) is 14.8 Å². The van der Waals surface area contributed by atoms with Crippen molar-refractivity contribution in [1.82, 2.24) is 19.9 Å². The normalized spacial score (nSPS) is 12.7. The van der Waals surface area contributed by atoms with E-state index in [4.69, 9.17) is 9.97 Å². The van der Waals surface area contributed by atoms with E-state index < -0.39 is 0 Å². The first-order chi connectivity index (χ1) is 17.0. The first-order valence-corrected chi connectivity index (χ1v) is 11.5. The molecule has 0 spiro atoms. The fraction of sp³-hybridized carbons (Fsp3) is 0.179. The summed E-state index contributed by atoms with van der Waals surface area (Å²) in [5, 5.41) is 2.93. The second-order valence-electron chi connectivity index (χ2n) is 8.62. The van der Waals surface area contributed by atoms with Gasteiger partial charge in [0, 0.05) is 53.3 Å². The molecule has 0 radical (unpaired) electrons. The van der Waals surface area contributed by atoms with E-state index in [1.165, 1.54) is 6.92 Å². The fourth-order valence-electron chi connectivity index (χ4n) is 4.29. The number of hydrogen-bond donors (Lipinski definition) is 1. The fourth-order valence-corrected chi connectivity index (χ4v) is 4.29. The molecule has 0 saturated heterocycles. The molecule has 3 heterocycles. The van der Waals surface area contributed by atoms with Crippen molar-refractivity contribution in [2.24, 2.45) is 0 Å². The van der Waals surface area contributed by atoms with Crippen LogP contribution in [0.1, 0.15) is 34.1 Å². The molecule has 1 aliphatic rings. The summed E-state index contributed by atoms with van der Waals surface area (Å²) in [4.78, 5) is 40.6. The summed E-state index contributed by atoms with van der Waals surface area (Å²) in [5.41, 5.74) is 6.87. The molecule has 0 fully saturated rings. The van der Waals surface area contributed by atoms with Gasteiger partial charge in [0.05, 0.1) is 17.9 Å². The van der Waals surface area contributed by atoms with Crippen LogP contribution in [-0.4, -0.2) is 38.2 Å². The Balaban J connectivity index is 1.50. The first-order valence-electron chi connectivity index (χ1n) is 11.5. The molecule has 174 valence electrons. The minimum atomic E-state index is -0.219.